The first-order valence-corrected chi connectivity index (χ1v) is 5.09. The van der Waals surface area contributed by atoms with E-state index < -0.39 is 0 Å². The second kappa shape index (κ2) is 3.87. The van der Waals surface area contributed by atoms with Crippen molar-refractivity contribution >= 4 is 17.4 Å². The Morgan fingerprint density at radius 1 is 1.25 bits per heavy atom. The van der Waals surface area contributed by atoms with Crippen LogP contribution in [0.3, 0.4) is 0 Å². The molecule has 0 aliphatic carbocycles. The molecule has 2 rings (SSSR count). The van der Waals surface area contributed by atoms with Crippen molar-refractivity contribution in [3.05, 3.63) is 16.1 Å². The molecule has 0 saturated heterocycles. The van der Waals surface area contributed by atoms with Crippen LogP contribution in [0.2, 0.25) is 5.02 Å². The fourth-order valence-corrected chi connectivity index (χ4v) is 2.24. The lowest BCUT2D eigenvalue weighted by atomic mass is 10.1. The molecular formula is C11H11ClO4. The lowest BCUT2D eigenvalue weighted by Crippen LogP contribution is -2.02. The van der Waals surface area contributed by atoms with Crippen molar-refractivity contribution in [1.82, 2.24) is 0 Å². The number of carbonyl (C=O) groups excluding carboxylic acids is 1. The first kappa shape index (κ1) is 11.1. The smallest absolute Gasteiger partial charge is 0.207 e. The fourth-order valence-electron chi connectivity index (χ4n) is 1.87. The molecule has 1 aliphatic rings. The predicted octanol–water partition coefficient (Wildman–Crippen LogP) is 2.24. The van der Waals surface area contributed by atoms with E-state index in [1.165, 1.54) is 14.2 Å². The van der Waals surface area contributed by atoms with Crippen LogP contribution in [0.25, 0.3) is 0 Å². The zero-order chi connectivity index (χ0) is 11.9. The number of ketones is 1. The normalized spacial score (nSPS) is 13.4. The Morgan fingerprint density at radius 3 is 2.44 bits per heavy atom. The van der Waals surface area contributed by atoms with E-state index in [0.29, 0.717) is 33.4 Å². The average Bonchev–Trinajstić information content (AvgIpc) is 2.63. The molecule has 0 N–H and O–H groups in total. The highest BCUT2D eigenvalue weighted by atomic mass is 35.5. The monoisotopic (exact) mass is 242 g/mol. The van der Waals surface area contributed by atoms with Crippen molar-refractivity contribution in [2.75, 3.05) is 20.8 Å². The Morgan fingerprint density at radius 2 is 1.88 bits per heavy atom. The second-order valence-electron chi connectivity index (χ2n) is 3.42. The van der Waals surface area contributed by atoms with Gasteiger partial charge in [-0.1, -0.05) is 11.6 Å². The minimum Gasteiger partial charge on any atom is -0.495 e. The number of rotatable bonds is 2. The summed E-state index contributed by atoms with van der Waals surface area (Å²) in [6.07, 6.45) is 0. The molecule has 4 nitrogen and oxygen atoms in total. The van der Waals surface area contributed by atoms with E-state index >= 15 is 0 Å². The Hall–Kier alpha value is -1.42. The van der Waals surface area contributed by atoms with Crippen molar-refractivity contribution in [3.63, 3.8) is 0 Å². The van der Waals surface area contributed by atoms with Crippen LogP contribution in [0, 0.1) is 6.92 Å². The van der Waals surface area contributed by atoms with Crippen molar-refractivity contribution in [2.24, 2.45) is 0 Å². The number of hydrogen-bond acceptors (Lipinski definition) is 4. The van der Waals surface area contributed by atoms with Crippen LogP contribution in [0.5, 0.6) is 17.2 Å². The van der Waals surface area contributed by atoms with Crippen LogP contribution in [-0.4, -0.2) is 26.6 Å². The maximum atomic E-state index is 11.6. The van der Waals surface area contributed by atoms with Gasteiger partial charge in [-0.15, -0.1) is 0 Å². The van der Waals surface area contributed by atoms with Gasteiger partial charge in [-0.3, -0.25) is 4.79 Å². The zero-order valence-electron chi connectivity index (χ0n) is 9.22. The summed E-state index contributed by atoms with van der Waals surface area (Å²) in [6.45, 7) is 1.79. The molecule has 1 aromatic rings. The molecule has 1 heterocycles. The van der Waals surface area contributed by atoms with Crippen molar-refractivity contribution < 1.29 is 19.0 Å². The van der Waals surface area contributed by atoms with Gasteiger partial charge in [-0.25, -0.2) is 0 Å². The number of ether oxygens (including phenoxy) is 3. The summed E-state index contributed by atoms with van der Waals surface area (Å²) in [5.74, 6) is 1.18. The average molecular weight is 243 g/mol. The van der Waals surface area contributed by atoms with Gasteiger partial charge in [-0.2, -0.15) is 0 Å². The predicted molar refractivity (Wildman–Crippen MR) is 59.1 cm³/mol. The van der Waals surface area contributed by atoms with Gasteiger partial charge < -0.3 is 14.2 Å². The molecule has 0 radical (unpaired) electrons. The van der Waals surface area contributed by atoms with Gasteiger partial charge in [0.15, 0.2) is 12.4 Å². The number of methoxy groups -OCH3 is 2. The molecule has 86 valence electrons. The molecule has 0 unspecified atom stereocenters. The number of halogens is 1. The minimum atomic E-state index is -0.125. The second-order valence-corrected chi connectivity index (χ2v) is 3.80. The van der Waals surface area contributed by atoms with Crippen LogP contribution in [-0.2, 0) is 0 Å². The minimum absolute atomic E-state index is 0.00196. The number of Topliss-reactive ketones (excluding diaryl/α,β-unsaturated/α-hetero) is 1. The van der Waals surface area contributed by atoms with E-state index in [1.54, 1.807) is 6.92 Å². The molecule has 5 heteroatoms. The van der Waals surface area contributed by atoms with E-state index in [9.17, 15) is 4.79 Å². The zero-order valence-corrected chi connectivity index (χ0v) is 9.97. The molecular weight excluding hydrogens is 232 g/mol. The lowest BCUT2D eigenvalue weighted by molar-refractivity contribution is 0.0959. The number of benzene rings is 1. The topological polar surface area (TPSA) is 44.8 Å². The van der Waals surface area contributed by atoms with Crippen LogP contribution in [0.4, 0.5) is 0 Å². The van der Waals surface area contributed by atoms with Crippen molar-refractivity contribution in [2.45, 2.75) is 6.92 Å². The van der Waals surface area contributed by atoms with E-state index in [0.717, 1.165) is 0 Å². The quantitative estimate of drug-likeness (QED) is 0.798. The third-order valence-electron chi connectivity index (χ3n) is 2.57. The summed E-state index contributed by atoms with van der Waals surface area (Å²) in [7, 11) is 3.01. The largest absolute Gasteiger partial charge is 0.495 e. The van der Waals surface area contributed by atoms with Gasteiger partial charge in [-0.05, 0) is 6.92 Å². The molecule has 1 aliphatic heterocycles. The van der Waals surface area contributed by atoms with Crippen LogP contribution >= 0.6 is 11.6 Å². The molecule has 0 bridgehead atoms. The van der Waals surface area contributed by atoms with Gasteiger partial charge in [0, 0.05) is 5.56 Å². The summed E-state index contributed by atoms with van der Waals surface area (Å²) < 4.78 is 15.6. The summed E-state index contributed by atoms with van der Waals surface area (Å²) in [5.41, 5.74) is 1.11. The van der Waals surface area contributed by atoms with Gasteiger partial charge >= 0.3 is 0 Å². The van der Waals surface area contributed by atoms with Crippen molar-refractivity contribution in [1.29, 1.82) is 0 Å². The highest BCUT2D eigenvalue weighted by molar-refractivity contribution is 6.35. The third kappa shape index (κ3) is 1.33. The Kier molecular flexibility index (Phi) is 2.68. The molecule has 1 aromatic carbocycles. The highest BCUT2D eigenvalue weighted by Crippen LogP contribution is 2.48. The number of fused-ring (bicyclic) bond motifs is 1. The van der Waals surface area contributed by atoms with Crippen LogP contribution in [0.1, 0.15) is 15.9 Å². The maximum Gasteiger partial charge on any atom is 0.207 e. The summed E-state index contributed by atoms with van der Waals surface area (Å²) in [6, 6.07) is 0. The first-order valence-electron chi connectivity index (χ1n) is 4.71. The van der Waals surface area contributed by atoms with E-state index in [1.807, 2.05) is 0 Å². The van der Waals surface area contributed by atoms with E-state index in [-0.39, 0.29) is 12.4 Å². The maximum absolute atomic E-state index is 11.6. The number of hydrogen-bond donors (Lipinski definition) is 0. The molecule has 0 saturated carbocycles. The SMILES string of the molecule is COc1c(C)c(OC)c2c(c1Cl)OCC2=O. The molecule has 16 heavy (non-hydrogen) atoms. The summed E-state index contributed by atoms with van der Waals surface area (Å²) in [5, 5.41) is 0.321. The summed E-state index contributed by atoms with van der Waals surface area (Å²) in [4.78, 5) is 11.6. The Labute approximate surface area is 98.1 Å². The molecule has 0 spiro atoms. The van der Waals surface area contributed by atoms with Gasteiger partial charge in [0.25, 0.3) is 0 Å². The molecule has 0 aromatic heterocycles. The van der Waals surface area contributed by atoms with E-state index in [4.69, 9.17) is 25.8 Å². The molecule has 0 amide bonds. The Balaban J connectivity index is 2.80. The number of carbonyl (C=O) groups is 1. The first-order chi connectivity index (χ1) is 7.61. The lowest BCUT2D eigenvalue weighted by Gasteiger charge is -2.14. The summed E-state index contributed by atoms with van der Waals surface area (Å²) >= 11 is 6.10. The fraction of sp³-hybridized carbons (Fsp3) is 0.364. The van der Waals surface area contributed by atoms with Crippen LogP contribution in [0.15, 0.2) is 0 Å². The van der Waals surface area contributed by atoms with E-state index in [2.05, 4.69) is 0 Å². The van der Waals surface area contributed by atoms with Gasteiger partial charge in [0.2, 0.25) is 5.78 Å². The van der Waals surface area contributed by atoms with Crippen molar-refractivity contribution in [3.8, 4) is 17.2 Å². The standard InChI is InChI=1S/C11H11ClO4/c1-5-9(14-2)7-6(13)4-16-11(7)8(12)10(5)15-3/h4H2,1-3H3. The molecule has 0 fully saturated rings. The van der Waals surface area contributed by atoms with Crippen LogP contribution < -0.4 is 14.2 Å². The highest BCUT2D eigenvalue weighted by Gasteiger charge is 2.32. The Bertz CT molecular complexity index is 468. The van der Waals surface area contributed by atoms with Gasteiger partial charge in [0.1, 0.15) is 22.1 Å². The third-order valence-corrected chi connectivity index (χ3v) is 2.91. The van der Waals surface area contributed by atoms with Gasteiger partial charge in [0.05, 0.1) is 14.2 Å². The molecule has 0 atom stereocenters.